The first-order chi connectivity index (χ1) is 16.3. The minimum atomic E-state index is 0.471. The van der Waals surface area contributed by atoms with Gasteiger partial charge in [-0.15, -0.1) is 0 Å². The Morgan fingerprint density at radius 2 is 1.79 bits per heavy atom. The molecule has 1 atom stereocenters. The van der Waals surface area contributed by atoms with Crippen molar-refractivity contribution < 1.29 is 0 Å². The fourth-order valence-electron chi connectivity index (χ4n) is 4.96. The molecule has 170 valence electrons. The standard InChI is InChI=1S/C25H30N8/c1-2-22(16-27-8-1)31-21-4-3-18-7-11-32(24(18)12-21)25-28-13-19(14-29-25)20-15-30-33(17-20)23-5-9-26-10-6-23/h3-4,7,11-15,17,22-23,26-27,31H,1-2,5-6,8-10,16H2. The lowest BCUT2D eigenvalue weighted by molar-refractivity contribution is 0.343. The molecular formula is C25H30N8. The molecule has 8 nitrogen and oxygen atoms in total. The van der Waals surface area contributed by atoms with Crippen molar-refractivity contribution in [1.29, 1.82) is 0 Å². The number of rotatable bonds is 5. The van der Waals surface area contributed by atoms with E-state index in [2.05, 4.69) is 70.7 Å². The molecule has 2 saturated heterocycles. The highest BCUT2D eigenvalue weighted by molar-refractivity contribution is 5.85. The molecule has 0 radical (unpaired) electrons. The zero-order valence-electron chi connectivity index (χ0n) is 18.7. The fraction of sp³-hybridized carbons (Fsp3) is 0.400. The van der Waals surface area contributed by atoms with Crippen molar-refractivity contribution in [1.82, 2.24) is 34.9 Å². The highest BCUT2D eigenvalue weighted by Gasteiger charge is 2.17. The van der Waals surface area contributed by atoms with Gasteiger partial charge in [-0.1, -0.05) is 6.07 Å². The molecular weight excluding hydrogens is 412 g/mol. The van der Waals surface area contributed by atoms with Crippen LogP contribution in [0.1, 0.15) is 31.7 Å². The van der Waals surface area contributed by atoms with Gasteiger partial charge in [-0.2, -0.15) is 5.10 Å². The van der Waals surface area contributed by atoms with E-state index in [1.807, 2.05) is 24.8 Å². The third kappa shape index (κ3) is 4.24. The maximum Gasteiger partial charge on any atom is 0.234 e. The van der Waals surface area contributed by atoms with Gasteiger partial charge in [0, 0.05) is 59.6 Å². The number of nitrogens with one attached hydrogen (secondary N) is 3. The number of anilines is 1. The quantitative estimate of drug-likeness (QED) is 0.440. The molecule has 1 aromatic carbocycles. The molecule has 2 aliphatic rings. The van der Waals surface area contributed by atoms with Crippen LogP contribution in [0.15, 0.2) is 55.2 Å². The van der Waals surface area contributed by atoms with Crippen molar-refractivity contribution in [3.05, 3.63) is 55.2 Å². The second-order valence-corrected chi connectivity index (χ2v) is 9.11. The highest BCUT2D eigenvalue weighted by atomic mass is 15.3. The average molecular weight is 443 g/mol. The number of benzene rings is 1. The second-order valence-electron chi connectivity index (χ2n) is 9.11. The molecule has 0 bridgehead atoms. The maximum absolute atomic E-state index is 4.69. The highest BCUT2D eigenvalue weighted by Crippen LogP contribution is 2.26. The Labute approximate surface area is 193 Å². The van der Waals surface area contributed by atoms with Crippen LogP contribution in [0.25, 0.3) is 28.0 Å². The first-order valence-electron chi connectivity index (χ1n) is 12.0. The summed E-state index contributed by atoms with van der Waals surface area (Å²) in [6.45, 7) is 4.23. The SMILES string of the molecule is c1cc2ccn(-c3ncc(-c4cnn(C5CCNCC5)c4)cn3)c2cc1NC1CCCNC1. The predicted octanol–water partition coefficient (Wildman–Crippen LogP) is 3.37. The van der Waals surface area contributed by atoms with E-state index < -0.39 is 0 Å². The summed E-state index contributed by atoms with van der Waals surface area (Å²) in [4.78, 5) is 9.38. The van der Waals surface area contributed by atoms with E-state index in [-0.39, 0.29) is 0 Å². The van der Waals surface area contributed by atoms with Crippen molar-refractivity contribution in [3.63, 3.8) is 0 Å². The van der Waals surface area contributed by atoms with Crippen molar-refractivity contribution >= 4 is 16.6 Å². The summed E-state index contributed by atoms with van der Waals surface area (Å²) in [5.41, 5.74) is 4.29. The molecule has 6 rings (SSSR count). The van der Waals surface area contributed by atoms with Crippen LogP contribution in [0.4, 0.5) is 5.69 Å². The number of fused-ring (bicyclic) bond motifs is 1. The Morgan fingerprint density at radius 1 is 0.909 bits per heavy atom. The summed E-state index contributed by atoms with van der Waals surface area (Å²) in [6, 6.07) is 9.57. The van der Waals surface area contributed by atoms with E-state index in [4.69, 9.17) is 0 Å². The van der Waals surface area contributed by atoms with Crippen molar-refractivity contribution in [3.8, 4) is 17.1 Å². The van der Waals surface area contributed by atoms with Gasteiger partial charge < -0.3 is 16.0 Å². The number of aromatic nitrogens is 5. The third-order valence-electron chi connectivity index (χ3n) is 6.83. The normalized spacial score (nSPS) is 19.7. The molecule has 2 aliphatic heterocycles. The maximum atomic E-state index is 4.69. The Hall–Kier alpha value is -3.23. The van der Waals surface area contributed by atoms with Gasteiger partial charge in [0.15, 0.2) is 0 Å². The van der Waals surface area contributed by atoms with E-state index >= 15 is 0 Å². The van der Waals surface area contributed by atoms with Crippen LogP contribution in [0, 0.1) is 0 Å². The van der Waals surface area contributed by atoms with Gasteiger partial charge in [0.2, 0.25) is 5.95 Å². The molecule has 4 aromatic rings. The number of nitrogens with zero attached hydrogens (tertiary/aromatic N) is 5. The number of hydrogen-bond donors (Lipinski definition) is 3. The topological polar surface area (TPSA) is 84.6 Å². The minimum Gasteiger partial charge on any atom is -0.381 e. The molecule has 0 aliphatic carbocycles. The van der Waals surface area contributed by atoms with Crippen LogP contribution < -0.4 is 16.0 Å². The lowest BCUT2D eigenvalue weighted by Crippen LogP contribution is -2.38. The fourth-order valence-corrected chi connectivity index (χ4v) is 4.96. The van der Waals surface area contributed by atoms with Crippen LogP contribution in [0.3, 0.4) is 0 Å². The summed E-state index contributed by atoms with van der Waals surface area (Å²) in [6.07, 6.45) is 14.5. The average Bonchev–Trinajstić information content (AvgIpc) is 3.53. The smallest absolute Gasteiger partial charge is 0.234 e. The van der Waals surface area contributed by atoms with Gasteiger partial charge in [0.1, 0.15) is 0 Å². The zero-order valence-corrected chi connectivity index (χ0v) is 18.7. The third-order valence-corrected chi connectivity index (χ3v) is 6.83. The van der Waals surface area contributed by atoms with E-state index in [9.17, 15) is 0 Å². The van der Waals surface area contributed by atoms with Gasteiger partial charge in [-0.05, 0) is 63.5 Å². The molecule has 33 heavy (non-hydrogen) atoms. The second kappa shape index (κ2) is 8.96. The molecule has 0 amide bonds. The molecule has 2 fully saturated rings. The zero-order chi connectivity index (χ0) is 22.0. The molecule has 5 heterocycles. The minimum absolute atomic E-state index is 0.471. The van der Waals surface area contributed by atoms with Crippen LogP contribution in [0.5, 0.6) is 0 Å². The van der Waals surface area contributed by atoms with E-state index in [0.717, 1.165) is 61.4 Å². The Bertz CT molecular complexity index is 1210. The summed E-state index contributed by atoms with van der Waals surface area (Å²) in [5, 5.41) is 16.3. The van der Waals surface area contributed by atoms with Gasteiger partial charge in [0.05, 0.1) is 17.8 Å². The molecule has 0 saturated carbocycles. The summed E-state index contributed by atoms with van der Waals surface area (Å²) >= 11 is 0. The Kier molecular flexibility index (Phi) is 5.53. The summed E-state index contributed by atoms with van der Waals surface area (Å²) < 4.78 is 4.15. The van der Waals surface area contributed by atoms with E-state index in [1.54, 1.807) is 0 Å². The monoisotopic (exact) mass is 442 g/mol. The van der Waals surface area contributed by atoms with Crippen molar-refractivity contribution in [2.45, 2.75) is 37.8 Å². The summed E-state index contributed by atoms with van der Waals surface area (Å²) in [7, 11) is 0. The van der Waals surface area contributed by atoms with Crippen molar-refractivity contribution in [2.75, 3.05) is 31.5 Å². The van der Waals surface area contributed by atoms with Gasteiger partial charge in [-0.25, -0.2) is 9.97 Å². The van der Waals surface area contributed by atoms with Crippen LogP contribution >= 0.6 is 0 Å². The Morgan fingerprint density at radius 3 is 2.61 bits per heavy atom. The van der Waals surface area contributed by atoms with Gasteiger partial charge >= 0.3 is 0 Å². The van der Waals surface area contributed by atoms with E-state index in [1.165, 1.54) is 18.2 Å². The summed E-state index contributed by atoms with van der Waals surface area (Å²) in [5.74, 6) is 0.677. The van der Waals surface area contributed by atoms with Gasteiger partial charge in [0.25, 0.3) is 0 Å². The van der Waals surface area contributed by atoms with Crippen LogP contribution in [-0.2, 0) is 0 Å². The van der Waals surface area contributed by atoms with Crippen LogP contribution in [0.2, 0.25) is 0 Å². The molecule has 1 unspecified atom stereocenters. The molecule has 0 spiro atoms. The lowest BCUT2D eigenvalue weighted by atomic mass is 10.1. The number of hydrogen-bond acceptors (Lipinski definition) is 6. The number of piperidine rings is 2. The molecule has 3 aromatic heterocycles. The molecule has 8 heteroatoms. The van der Waals surface area contributed by atoms with Crippen molar-refractivity contribution in [2.24, 2.45) is 0 Å². The van der Waals surface area contributed by atoms with Crippen LogP contribution in [-0.4, -0.2) is 56.5 Å². The van der Waals surface area contributed by atoms with Gasteiger partial charge in [-0.3, -0.25) is 9.25 Å². The first kappa shape index (κ1) is 20.4. The Balaban J connectivity index is 1.23. The predicted molar refractivity (Wildman–Crippen MR) is 131 cm³/mol. The van der Waals surface area contributed by atoms with E-state index in [0.29, 0.717) is 18.0 Å². The molecule has 3 N–H and O–H groups in total. The lowest BCUT2D eigenvalue weighted by Gasteiger charge is -2.24. The first-order valence-corrected chi connectivity index (χ1v) is 12.0. The largest absolute Gasteiger partial charge is 0.381 e.